The molecule has 0 aromatic heterocycles. The van der Waals surface area contributed by atoms with Gasteiger partial charge in [0, 0.05) is 30.5 Å². The van der Waals surface area contributed by atoms with Crippen molar-refractivity contribution < 1.29 is 42.9 Å². The van der Waals surface area contributed by atoms with Gasteiger partial charge in [-0.15, -0.1) is 0 Å². The molecule has 3 heterocycles. The SMILES string of the molecule is CCOC(=O)C1=NO[C@H](Cc2c(/C=N\NC(=O)[C@H]3CCCNC3=O)c3c(c(OC)c2OC)OCO3)C1. The average molecular weight is 504 g/mol. The topological polar surface area (TPSA) is 155 Å². The van der Waals surface area contributed by atoms with Crippen LogP contribution in [0.4, 0.5) is 0 Å². The minimum atomic E-state index is -0.809. The van der Waals surface area contributed by atoms with Gasteiger partial charge >= 0.3 is 5.97 Å². The van der Waals surface area contributed by atoms with Crippen LogP contribution in [0.2, 0.25) is 0 Å². The second-order valence-electron chi connectivity index (χ2n) is 8.14. The molecule has 2 atom stereocenters. The second-order valence-corrected chi connectivity index (χ2v) is 8.14. The molecule has 1 aromatic carbocycles. The van der Waals surface area contributed by atoms with E-state index in [1.807, 2.05) is 0 Å². The predicted octanol–water partition coefficient (Wildman–Crippen LogP) is 0.659. The summed E-state index contributed by atoms with van der Waals surface area (Å²) in [5.74, 6) is -0.823. The Kier molecular flexibility index (Phi) is 7.76. The van der Waals surface area contributed by atoms with Crippen molar-refractivity contribution in [1.29, 1.82) is 0 Å². The molecule has 2 N–H and O–H groups in total. The monoisotopic (exact) mass is 504 g/mol. The third-order valence-electron chi connectivity index (χ3n) is 5.92. The number of rotatable bonds is 9. The van der Waals surface area contributed by atoms with Gasteiger partial charge in [-0.3, -0.25) is 9.59 Å². The lowest BCUT2D eigenvalue weighted by molar-refractivity contribution is -0.137. The first-order valence-corrected chi connectivity index (χ1v) is 11.5. The number of carbonyl (C=O) groups is 3. The van der Waals surface area contributed by atoms with Crippen LogP contribution in [-0.2, 0) is 30.4 Å². The van der Waals surface area contributed by atoms with Gasteiger partial charge in [0.2, 0.25) is 24.2 Å². The number of hydrogen-bond donors (Lipinski definition) is 2. The lowest BCUT2D eigenvalue weighted by atomic mass is 9.96. The third kappa shape index (κ3) is 4.99. The highest BCUT2D eigenvalue weighted by atomic mass is 16.7. The van der Waals surface area contributed by atoms with Crippen molar-refractivity contribution in [2.75, 3.05) is 34.2 Å². The number of nitrogens with zero attached hydrogens (tertiary/aromatic N) is 2. The zero-order chi connectivity index (χ0) is 25.7. The molecule has 36 heavy (non-hydrogen) atoms. The Hall–Kier alpha value is -4.03. The maximum atomic E-state index is 12.5. The lowest BCUT2D eigenvalue weighted by Crippen LogP contribution is -2.43. The van der Waals surface area contributed by atoms with Gasteiger partial charge in [0.05, 0.1) is 27.0 Å². The quantitative estimate of drug-likeness (QED) is 0.213. The Bertz CT molecular complexity index is 1100. The molecule has 0 aliphatic carbocycles. The minimum absolute atomic E-state index is 0.0518. The highest BCUT2D eigenvalue weighted by molar-refractivity contribution is 6.36. The van der Waals surface area contributed by atoms with Crippen molar-refractivity contribution >= 4 is 29.7 Å². The van der Waals surface area contributed by atoms with Crippen molar-refractivity contribution in [2.45, 2.75) is 38.7 Å². The highest BCUT2D eigenvalue weighted by Gasteiger charge is 2.35. The van der Waals surface area contributed by atoms with Crippen LogP contribution in [0.25, 0.3) is 0 Å². The number of carbonyl (C=O) groups excluding carboxylic acids is 3. The maximum Gasteiger partial charge on any atom is 0.356 e. The molecule has 1 saturated heterocycles. The van der Waals surface area contributed by atoms with Gasteiger partial charge in [0.15, 0.2) is 17.2 Å². The zero-order valence-corrected chi connectivity index (χ0v) is 20.3. The fraction of sp³-hybridized carbons (Fsp3) is 0.522. The average Bonchev–Trinajstić information content (AvgIpc) is 3.55. The molecule has 194 valence electrons. The zero-order valence-electron chi connectivity index (χ0n) is 20.3. The van der Waals surface area contributed by atoms with Crippen molar-refractivity contribution in [2.24, 2.45) is 16.2 Å². The van der Waals surface area contributed by atoms with Crippen LogP contribution in [-0.4, -0.2) is 70.0 Å². The minimum Gasteiger partial charge on any atom is -0.492 e. The summed E-state index contributed by atoms with van der Waals surface area (Å²) in [5.41, 5.74) is 3.65. The summed E-state index contributed by atoms with van der Waals surface area (Å²) in [7, 11) is 2.95. The summed E-state index contributed by atoms with van der Waals surface area (Å²) in [6, 6.07) is 0. The number of hydrogen-bond acceptors (Lipinski definition) is 11. The molecule has 13 heteroatoms. The number of hydrazone groups is 1. The number of methoxy groups -OCH3 is 2. The van der Waals surface area contributed by atoms with Gasteiger partial charge in [-0.25, -0.2) is 10.2 Å². The maximum absolute atomic E-state index is 12.5. The number of ether oxygens (including phenoxy) is 5. The van der Waals surface area contributed by atoms with E-state index in [4.69, 9.17) is 28.5 Å². The molecular weight excluding hydrogens is 476 g/mol. The summed E-state index contributed by atoms with van der Waals surface area (Å²) in [6.07, 6.45) is 2.51. The Labute approximate surface area is 207 Å². The van der Waals surface area contributed by atoms with Gasteiger partial charge in [-0.1, -0.05) is 5.16 Å². The summed E-state index contributed by atoms with van der Waals surface area (Å²) < 4.78 is 27.5. The number of oxime groups is 1. The molecule has 0 unspecified atom stereocenters. The van der Waals surface area contributed by atoms with Crippen LogP contribution < -0.4 is 29.7 Å². The van der Waals surface area contributed by atoms with E-state index < -0.39 is 23.9 Å². The van der Waals surface area contributed by atoms with Crippen LogP contribution in [0, 0.1) is 5.92 Å². The summed E-state index contributed by atoms with van der Waals surface area (Å²) in [5, 5.41) is 10.6. The number of benzene rings is 1. The van der Waals surface area contributed by atoms with Crippen LogP contribution in [0.3, 0.4) is 0 Å². The van der Waals surface area contributed by atoms with Gasteiger partial charge in [-0.05, 0) is 19.8 Å². The van der Waals surface area contributed by atoms with E-state index in [1.165, 1.54) is 20.4 Å². The normalized spacial score (nSPS) is 20.4. The molecule has 4 rings (SSSR count). The molecule has 13 nitrogen and oxygen atoms in total. The Morgan fingerprint density at radius 1 is 1.22 bits per heavy atom. The molecular formula is C23H28N4O9. The standard InChI is InChI=1S/C23H28N4O9/c1-4-33-23(30)16-9-12(36-27-16)8-14-15(10-25-26-22(29)13-6-5-7-24-21(13)28)18-20(35-11-34-18)19(32-3)17(14)31-2/h10,12-13H,4-9,11H2,1-3H3,(H,24,28)(H,26,29)/b25-10-/t12-,13+/m1/s1. The first-order valence-electron chi connectivity index (χ1n) is 11.5. The molecule has 3 aliphatic rings. The molecule has 0 saturated carbocycles. The van der Waals surface area contributed by atoms with E-state index in [9.17, 15) is 14.4 Å². The number of fused-ring (bicyclic) bond motifs is 1. The number of amides is 2. The van der Waals surface area contributed by atoms with E-state index in [0.717, 1.165) is 0 Å². The second kappa shape index (κ2) is 11.1. The van der Waals surface area contributed by atoms with E-state index in [1.54, 1.807) is 6.92 Å². The Morgan fingerprint density at radius 2 is 2.00 bits per heavy atom. The fourth-order valence-corrected chi connectivity index (χ4v) is 4.25. The summed E-state index contributed by atoms with van der Waals surface area (Å²) in [6.45, 7) is 2.43. The predicted molar refractivity (Wildman–Crippen MR) is 124 cm³/mol. The van der Waals surface area contributed by atoms with E-state index >= 15 is 0 Å². The molecule has 0 radical (unpaired) electrons. The largest absolute Gasteiger partial charge is 0.492 e. The smallest absolute Gasteiger partial charge is 0.356 e. The molecule has 1 aromatic rings. The molecule has 2 amide bonds. The number of piperidine rings is 1. The summed E-state index contributed by atoms with van der Waals surface area (Å²) >= 11 is 0. The van der Waals surface area contributed by atoms with Gasteiger partial charge in [0.25, 0.3) is 5.91 Å². The van der Waals surface area contributed by atoms with E-state index in [-0.39, 0.29) is 37.9 Å². The molecule has 0 bridgehead atoms. The van der Waals surface area contributed by atoms with E-state index in [0.29, 0.717) is 53.5 Å². The number of esters is 1. The lowest BCUT2D eigenvalue weighted by Gasteiger charge is -2.20. The van der Waals surface area contributed by atoms with Crippen molar-refractivity contribution in [3.8, 4) is 23.0 Å². The van der Waals surface area contributed by atoms with Crippen LogP contribution in [0.15, 0.2) is 10.3 Å². The molecule has 0 spiro atoms. The number of nitrogens with one attached hydrogen (secondary N) is 2. The molecule has 1 fully saturated rings. The van der Waals surface area contributed by atoms with Gasteiger partial charge in [0.1, 0.15) is 12.0 Å². The first-order chi connectivity index (χ1) is 17.5. The summed E-state index contributed by atoms with van der Waals surface area (Å²) in [4.78, 5) is 42.0. The third-order valence-corrected chi connectivity index (χ3v) is 5.92. The van der Waals surface area contributed by atoms with Crippen LogP contribution in [0.5, 0.6) is 23.0 Å². The van der Waals surface area contributed by atoms with Gasteiger partial charge in [-0.2, -0.15) is 5.10 Å². The van der Waals surface area contributed by atoms with Crippen molar-refractivity contribution in [3.63, 3.8) is 0 Å². The van der Waals surface area contributed by atoms with Gasteiger partial charge < -0.3 is 33.8 Å². The Morgan fingerprint density at radius 3 is 2.72 bits per heavy atom. The van der Waals surface area contributed by atoms with Crippen LogP contribution >= 0.6 is 0 Å². The van der Waals surface area contributed by atoms with E-state index in [2.05, 4.69) is 21.0 Å². The molecule has 3 aliphatic heterocycles. The fourth-order valence-electron chi connectivity index (χ4n) is 4.25. The van der Waals surface area contributed by atoms with Crippen molar-refractivity contribution in [3.05, 3.63) is 11.1 Å². The van der Waals surface area contributed by atoms with Crippen molar-refractivity contribution in [1.82, 2.24) is 10.7 Å². The Balaban J connectivity index is 1.61. The highest BCUT2D eigenvalue weighted by Crippen LogP contribution is 2.52. The first kappa shape index (κ1) is 25.1. The van der Waals surface area contributed by atoms with Crippen LogP contribution in [0.1, 0.15) is 37.3 Å².